The number of anilines is 1. The normalized spacial score (nSPS) is 21.6. The van der Waals surface area contributed by atoms with Gasteiger partial charge in [0.2, 0.25) is 5.89 Å². The summed E-state index contributed by atoms with van der Waals surface area (Å²) in [7, 11) is 0. The molecular weight excluding hydrogens is 236 g/mol. The molecule has 0 atom stereocenters. The molecule has 1 aromatic rings. The molecule has 0 unspecified atom stereocenters. The van der Waals surface area contributed by atoms with Crippen LogP contribution in [0.2, 0.25) is 0 Å². The predicted molar refractivity (Wildman–Crippen MR) is 68.1 cm³/mol. The Bertz CT molecular complexity index is 360. The standard InChI is InChI=1S/C11H18N4OS/c1-2-8(1)12-7-10-14-15-11(16-10)13-9-3-5-17-6-4-9/h8-9,12H,1-7H2,(H,13,15). The van der Waals surface area contributed by atoms with E-state index in [1.165, 1.54) is 37.2 Å². The zero-order valence-electron chi connectivity index (χ0n) is 9.82. The minimum Gasteiger partial charge on any atom is -0.407 e. The molecule has 3 rings (SSSR count). The van der Waals surface area contributed by atoms with Gasteiger partial charge in [-0.25, -0.2) is 0 Å². The molecule has 0 bridgehead atoms. The molecule has 1 aliphatic heterocycles. The van der Waals surface area contributed by atoms with Gasteiger partial charge >= 0.3 is 6.01 Å². The SMILES string of the molecule is C1CC(Nc2nnc(CNC3CC3)o2)CCS1. The first-order chi connectivity index (χ1) is 8.40. The Labute approximate surface area is 105 Å². The van der Waals surface area contributed by atoms with Crippen LogP contribution in [0.25, 0.3) is 0 Å². The first-order valence-corrected chi connectivity index (χ1v) is 7.45. The summed E-state index contributed by atoms with van der Waals surface area (Å²) in [6.07, 6.45) is 4.92. The van der Waals surface area contributed by atoms with Crippen molar-refractivity contribution in [3.63, 3.8) is 0 Å². The maximum Gasteiger partial charge on any atom is 0.315 e. The quantitative estimate of drug-likeness (QED) is 0.832. The van der Waals surface area contributed by atoms with E-state index in [2.05, 4.69) is 20.8 Å². The molecule has 1 saturated heterocycles. The van der Waals surface area contributed by atoms with Crippen molar-refractivity contribution in [2.75, 3.05) is 16.8 Å². The Morgan fingerprint density at radius 1 is 1.12 bits per heavy atom. The van der Waals surface area contributed by atoms with E-state index in [9.17, 15) is 0 Å². The van der Waals surface area contributed by atoms with Crippen molar-refractivity contribution >= 4 is 17.8 Å². The first kappa shape index (κ1) is 11.3. The van der Waals surface area contributed by atoms with Gasteiger partial charge in [0.25, 0.3) is 0 Å². The van der Waals surface area contributed by atoms with Crippen LogP contribution >= 0.6 is 11.8 Å². The van der Waals surface area contributed by atoms with Gasteiger partial charge in [-0.3, -0.25) is 0 Å². The summed E-state index contributed by atoms with van der Waals surface area (Å²) in [5.74, 6) is 3.13. The molecule has 1 saturated carbocycles. The zero-order valence-corrected chi connectivity index (χ0v) is 10.6. The lowest BCUT2D eigenvalue weighted by atomic mass is 10.2. The number of hydrogen-bond donors (Lipinski definition) is 2. The number of nitrogens with one attached hydrogen (secondary N) is 2. The molecule has 1 aliphatic carbocycles. The zero-order chi connectivity index (χ0) is 11.5. The minimum absolute atomic E-state index is 0.501. The Morgan fingerprint density at radius 2 is 1.94 bits per heavy atom. The van der Waals surface area contributed by atoms with Crippen molar-refractivity contribution in [1.82, 2.24) is 15.5 Å². The molecule has 6 heteroatoms. The van der Waals surface area contributed by atoms with Crippen LogP contribution in [0.1, 0.15) is 31.6 Å². The van der Waals surface area contributed by atoms with E-state index in [4.69, 9.17) is 4.42 Å². The van der Waals surface area contributed by atoms with E-state index >= 15 is 0 Å². The van der Waals surface area contributed by atoms with E-state index in [0.29, 0.717) is 30.5 Å². The van der Waals surface area contributed by atoms with Gasteiger partial charge < -0.3 is 15.1 Å². The average Bonchev–Trinajstić information content (AvgIpc) is 3.09. The number of nitrogens with zero attached hydrogens (tertiary/aromatic N) is 2. The Kier molecular flexibility index (Phi) is 3.51. The summed E-state index contributed by atoms with van der Waals surface area (Å²) in [6, 6.07) is 1.75. The highest BCUT2D eigenvalue weighted by Gasteiger charge is 2.21. The van der Waals surface area contributed by atoms with Crippen LogP contribution in [-0.4, -0.2) is 33.8 Å². The molecule has 0 spiro atoms. The number of thioether (sulfide) groups is 1. The summed E-state index contributed by atoms with van der Waals surface area (Å²) in [5, 5.41) is 14.8. The summed E-state index contributed by atoms with van der Waals surface area (Å²) >= 11 is 2.02. The van der Waals surface area contributed by atoms with Gasteiger partial charge in [0.05, 0.1) is 6.54 Å². The predicted octanol–water partition coefficient (Wildman–Crippen LogP) is 1.63. The highest BCUT2D eigenvalue weighted by molar-refractivity contribution is 7.99. The Hall–Kier alpha value is -0.750. The third-order valence-electron chi connectivity index (χ3n) is 3.14. The van der Waals surface area contributed by atoms with E-state index in [1.807, 2.05) is 11.8 Å². The smallest absolute Gasteiger partial charge is 0.315 e. The largest absolute Gasteiger partial charge is 0.407 e. The average molecular weight is 254 g/mol. The highest BCUT2D eigenvalue weighted by Crippen LogP contribution is 2.21. The second kappa shape index (κ2) is 5.27. The summed E-state index contributed by atoms with van der Waals surface area (Å²) in [4.78, 5) is 0. The van der Waals surface area contributed by atoms with Gasteiger partial charge in [0.1, 0.15) is 0 Å². The third-order valence-corrected chi connectivity index (χ3v) is 4.18. The molecule has 2 fully saturated rings. The van der Waals surface area contributed by atoms with Crippen LogP contribution < -0.4 is 10.6 Å². The van der Waals surface area contributed by atoms with Gasteiger partial charge in [0.15, 0.2) is 0 Å². The molecule has 2 heterocycles. The fourth-order valence-electron chi connectivity index (χ4n) is 1.92. The lowest BCUT2D eigenvalue weighted by Gasteiger charge is -2.21. The van der Waals surface area contributed by atoms with Crippen molar-refractivity contribution in [2.45, 2.75) is 44.3 Å². The fourth-order valence-corrected chi connectivity index (χ4v) is 3.03. The van der Waals surface area contributed by atoms with Gasteiger partial charge in [-0.15, -0.1) is 5.10 Å². The Morgan fingerprint density at radius 3 is 2.71 bits per heavy atom. The molecule has 94 valence electrons. The molecule has 2 aliphatic rings. The van der Waals surface area contributed by atoms with E-state index in [-0.39, 0.29) is 0 Å². The maximum absolute atomic E-state index is 5.56. The van der Waals surface area contributed by atoms with Gasteiger partial charge in [-0.05, 0) is 37.2 Å². The molecule has 0 radical (unpaired) electrons. The monoisotopic (exact) mass is 254 g/mol. The summed E-state index contributed by atoms with van der Waals surface area (Å²) < 4.78 is 5.56. The first-order valence-electron chi connectivity index (χ1n) is 6.30. The van der Waals surface area contributed by atoms with Gasteiger partial charge in [-0.1, -0.05) is 5.10 Å². The van der Waals surface area contributed by atoms with Crippen LogP contribution in [0.5, 0.6) is 0 Å². The van der Waals surface area contributed by atoms with Crippen LogP contribution in [-0.2, 0) is 6.54 Å². The molecule has 1 aromatic heterocycles. The van der Waals surface area contributed by atoms with E-state index in [0.717, 1.165) is 0 Å². The number of hydrogen-bond acceptors (Lipinski definition) is 6. The Balaban J connectivity index is 1.48. The molecule has 0 aromatic carbocycles. The number of rotatable bonds is 5. The lowest BCUT2D eigenvalue weighted by molar-refractivity contribution is 0.469. The van der Waals surface area contributed by atoms with Crippen LogP contribution in [0.3, 0.4) is 0 Å². The van der Waals surface area contributed by atoms with Crippen molar-refractivity contribution in [3.8, 4) is 0 Å². The second-order valence-electron chi connectivity index (χ2n) is 4.69. The van der Waals surface area contributed by atoms with Crippen molar-refractivity contribution in [2.24, 2.45) is 0 Å². The summed E-state index contributed by atoms with van der Waals surface area (Å²) in [6.45, 7) is 0.694. The maximum atomic E-state index is 5.56. The van der Waals surface area contributed by atoms with E-state index < -0.39 is 0 Å². The summed E-state index contributed by atoms with van der Waals surface area (Å²) in [5.41, 5.74) is 0. The van der Waals surface area contributed by atoms with Crippen LogP contribution in [0.15, 0.2) is 4.42 Å². The fraction of sp³-hybridized carbons (Fsp3) is 0.818. The van der Waals surface area contributed by atoms with Crippen molar-refractivity contribution < 1.29 is 4.42 Å². The second-order valence-corrected chi connectivity index (χ2v) is 5.91. The van der Waals surface area contributed by atoms with E-state index in [1.54, 1.807) is 0 Å². The third kappa shape index (κ3) is 3.35. The van der Waals surface area contributed by atoms with Gasteiger partial charge in [0, 0.05) is 12.1 Å². The lowest BCUT2D eigenvalue weighted by Crippen LogP contribution is -2.24. The topological polar surface area (TPSA) is 63.0 Å². The van der Waals surface area contributed by atoms with Crippen molar-refractivity contribution in [1.29, 1.82) is 0 Å². The van der Waals surface area contributed by atoms with Crippen LogP contribution in [0, 0.1) is 0 Å². The van der Waals surface area contributed by atoms with Crippen LogP contribution in [0.4, 0.5) is 6.01 Å². The molecule has 2 N–H and O–H groups in total. The highest BCUT2D eigenvalue weighted by atomic mass is 32.2. The molecule has 0 amide bonds. The number of aromatic nitrogens is 2. The molecule has 5 nitrogen and oxygen atoms in total. The minimum atomic E-state index is 0.501. The molecular formula is C11H18N4OS. The van der Waals surface area contributed by atoms with Crippen molar-refractivity contribution in [3.05, 3.63) is 5.89 Å². The van der Waals surface area contributed by atoms with Gasteiger partial charge in [-0.2, -0.15) is 11.8 Å². The molecule has 17 heavy (non-hydrogen) atoms.